The normalized spacial score (nSPS) is 11.7. The van der Waals surface area contributed by atoms with E-state index >= 15 is 0 Å². The number of benzene rings is 10. The van der Waals surface area contributed by atoms with E-state index in [-0.39, 0.29) is 0 Å². The topological polar surface area (TPSA) is 3.24 Å². The number of anilines is 3. The predicted molar refractivity (Wildman–Crippen MR) is 235 cm³/mol. The van der Waals surface area contributed by atoms with Crippen molar-refractivity contribution in [2.45, 2.75) is 0 Å². The van der Waals surface area contributed by atoms with Crippen molar-refractivity contribution in [3.05, 3.63) is 200 Å². The summed E-state index contributed by atoms with van der Waals surface area (Å²) >= 11 is 1.90. The highest BCUT2D eigenvalue weighted by Crippen LogP contribution is 2.47. The van der Waals surface area contributed by atoms with Gasteiger partial charge < -0.3 is 4.90 Å². The van der Waals surface area contributed by atoms with Crippen molar-refractivity contribution in [2.24, 2.45) is 0 Å². The fraction of sp³-hybridized carbons (Fsp3) is 0. The van der Waals surface area contributed by atoms with Crippen LogP contribution >= 0.6 is 11.3 Å². The van der Waals surface area contributed by atoms with Crippen LogP contribution in [0.4, 0.5) is 17.1 Å². The van der Waals surface area contributed by atoms with E-state index in [1.54, 1.807) is 0 Å². The average molecular weight is 704 g/mol. The van der Waals surface area contributed by atoms with Gasteiger partial charge in [-0.3, -0.25) is 0 Å². The van der Waals surface area contributed by atoms with Crippen LogP contribution in [0.25, 0.3) is 85.5 Å². The van der Waals surface area contributed by atoms with Gasteiger partial charge in [0.15, 0.2) is 0 Å². The minimum Gasteiger partial charge on any atom is -0.310 e. The molecule has 11 rings (SSSR count). The summed E-state index contributed by atoms with van der Waals surface area (Å²) in [5.74, 6) is 0. The summed E-state index contributed by atoms with van der Waals surface area (Å²) in [5.41, 5.74) is 8.31. The second-order valence-corrected chi connectivity index (χ2v) is 15.2. The van der Waals surface area contributed by atoms with Crippen LogP contribution in [0.15, 0.2) is 200 Å². The van der Waals surface area contributed by atoms with E-state index in [1.807, 2.05) is 11.3 Å². The third kappa shape index (κ3) is 4.99. The molecule has 0 aliphatic rings. The lowest BCUT2D eigenvalue weighted by atomic mass is 9.94. The number of fused-ring (bicyclic) bond motifs is 8. The summed E-state index contributed by atoms with van der Waals surface area (Å²) in [6, 6.07) is 73.5. The number of nitrogens with zero attached hydrogens (tertiary/aromatic N) is 1. The average Bonchev–Trinajstić information content (AvgIpc) is 3.61. The van der Waals surface area contributed by atoms with E-state index in [9.17, 15) is 0 Å². The Kier molecular flexibility index (Phi) is 7.11. The number of thiophene rings is 1. The fourth-order valence-electron chi connectivity index (χ4n) is 8.43. The molecule has 252 valence electrons. The molecule has 0 spiro atoms. The zero-order valence-electron chi connectivity index (χ0n) is 29.4. The monoisotopic (exact) mass is 703 g/mol. The van der Waals surface area contributed by atoms with Crippen molar-refractivity contribution in [3.63, 3.8) is 0 Å². The molecule has 0 unspecified atom stereocenters. The zero-order valence-corrected chi connectivity index (χ0v) is 30.2. The summed E-state index contributed by atoms with van der Waals surface area (Å²) in [4.78, 5) is 2.44. The van der Waals surface area contributed by atoms with E-state index in [0.29, 0.717) is 0 Å². The first kappa shape index (κ1) is 30.8. The highest BCUT2D eigenvalue weighted by atomic mass is 32.1. The van der Waals surface area contributed by atoms with Crippen LogP contribution < -0.4 is 4.90 Å². The second-order valence-electron chi connectivity index (χ2n) is 14.1. The molecule has 0 amide bonds. The van der Waals surface area contributed by atoms with Gasteiger partial charge in [0, 0.05) is 42.5 Å². The molecule has 0 N–H and O–H groups in total. The van der Waals surface area contributed by atoms with Crippen LogP contribution in [0.2, 0.25) is 0 Å². The number of hydrogen-bond donors (Lipinski definition) is 0. The van der Waals surface area contributed by atoms with Crippen LogP contribution in [0, 0.1) is 0 Å². The van der Waals surface area contributed by atoms with Crippen LogP contribution in [0.1, 0.15) is 0 Å². The van der Waals surface area contributed by atoms with Gasteiger partial charge in [0.05, 0.1) is 5.69 Å². The smallest absolute Gasteiger partial charge is 0.0540 e. The van der Waals surface area contributed by atoms with Gasteiger partial charge in [-0.15, -0.1) is 11.3 Å². The largest absolute Gasteiger partial charge is 0.310 e. The summed E-state index contributed by atoms with van der Waals surface area (Å²) in [6.45, 7) is 0. The molecule has 10 aromatic carbocycles. The van der Waals surface area contributed by atoms with Crippen LogP contribution in [-0.4, -0.2) is 0 Å². The van der Waals surface area contributed by atoms with Crippen LogP contribution in [0.5, 0.6) is 0 Å². The molecule has 2 heteroatoms. The van der Waals surface area contributed by atoms with Crippen LogP contribution in [0.3, 0.4) is 0 Å². The Labute approximate surface area is 317 Å². The molecule has 11 aromatic rings. The Hall–Kier alpha value is -6.74. The third-order valence-corrected chi connectivity index (χ3v) is 12.2. The third-order valence-electron chi connectivity index (χ3n) is 11.0. The standard InChI is InChI=1S/C52H33NS/c1-2-12-34(13-3-1)36-17-10-18-40(30-36)53(41-26-27-43-39(31-41)25-24-35-14-6-7-19-42(35)43)50-29-28-45(44-20-8-9-21-46(44)50)47-22-11-23-48-49-32-37-15-4-5-16-38(37)33-51(49)54-52(47)48/h1-33H. The summed E-state index contributed by atoms with van der Waals surface area (Å²) in [7, 11) is 0. The van der Waals surface area contributed by atoms with Gasteiger partial charge in [-0.05, 0) is 96.9 Å². The molecular formula is C52H33NS. The SMILES string of the molecule is c1ccc(-c2cccc(N(c3ccc4c(ccc5ccccc54)c3)c3ccc(-c4cccc5c4sc4cc6ccccc6cc45)c4ccccc34)c2)cc1. The van der Waals surface area contributed by atoms with E-state index in [0.717, 1.165) is 17.1 Å². The lowest BCUT2D eigenvalue weighted by Gasteiger charge is -2.28. The van der Waals surface area contributed by atoms with Crippen molar-refractivity contribution in [3.8, 4) is 22.3 Å². The van der Waals surface area contributed by atoms with E-state index < -0.39 is 0 Å². The van der Waals surface area contributed by atoms with Crippen molar-refractivity contribution in [1.82, 2.24) is 0 Å². The van der Waals surface area contributed by atoms with Crippen molar-refractivity contribution >= 4 is 91.7 Å². The minimum absolute atomic E-state index is 1.12. The van der Waals surface area contributed by atoms with Crippen molar-refractivity contribution < 1.29 is 0 Å². The van der Waals surface area contributed by atoms with Crippen LogP contribution in [-0.2, 0) is 0 Å². The second kappa shape index (κ2) is 12.4. The van der Waals surface area contributed by atoms with Gasteiger partial charge >= 0.3 is 0 Å². The van der Waals surface area contributed by atoms with Gasteiger partial charge in [-0.25, -0.2) is 0 Å². The lowest BCUT2D eigenvalue weighted by Crippen LogP contribution is -2.11. The number of hydrogen-bond acceptors (Lipinski definition) is 2. The molecule has 0 saturated heterocycles. The zero-order chi connectivity index (χ0) is 35.6. The van der Waals surface area contributed by atoms with E-state index in [4.69, 9.17) is 0 Å². The maximum Gasteiger partial charge on any atom is 0.0540 e. The molecule has 0 aliphatic heterocycles. The molecule has 0 aliphatic carbocycles. The Bertz CT molecular complexity index is 3230. The first-order valence-electron chi connectivity index (χ1n) is 18.5. The summed E-state index contributed by atoms with van der Waals surface area (Å²) < 4.78 is 2.65. The molecule has 0 bridgehead atoms. The van der Waals surface area contributed by atoms with Crippen molar-refractivity contribution in [1.29, 1.82) is 0 Å². The first-order valence-corrected chi connectivity index (χ1v) is 19.3. The highest BCUT2D eigenvalue weighted by Gasteiger charge is 2.20. The maximum absolute atomic E-state index is 2.44. The van der Waals surface area contributed by atoms with Gasteiger partial charge in [-0.1, -0.05) is 158 Å². The van der Waals surface area contributed by atoms with E-state index in [2.05, 4.69) is 205 Å². The fourth-order valence-corrected chi connectivity index (χ4v) is 9.69. The minimum atomic E-state index is 1.12. The first-order chi connectivity index (χ1) is 26.8. The lowest BCUT2D eigenvalue weighted by molar-refractivity contribution is 1.30. The highest BCUT2D eigenvalue weighted by molar-refractivity contribution is 7.26. The predicted octanol–water partition coefficient (Wildman–Crippen LogP) is 15.5. The van der Waals surface area contributed by atoms with Gasteiger partial charge in [0.25, 0.3) is 0 Å². The quantitative estimate of drug-likeness (QED) is 0.161. The molecular weight excluding hydrogens is 671 g/mol. The van der Waals surface area contributed by atoms with Gasteiger partial charge in [-0.2, -0.15) is 0 Å². The Morgan fingerprint density at radius 3 is 1.83 bits per heavy atom. The Morgan fingerprint density at radius 1 is 0.315 bits per heavy atom. The van der Waals surface area contributed by atoms with E-state index in [1.165, 1.54) is 85.5 Å². The molecule has 1 aromatic heterocycles. The molecule has 0 fully saturated rings. The van der Waals surface area contributed by atoms with Gasteiger partial charge in [0.2, 0.25) is 0 Å². The Morgan fingerprint density at radius 2 is 0.963 bits per heavy atom. The maximum atomic E-state index is 2.44. The molecule has 0 radical (unpaired) electrons. The molecule has 1 heterocycles. The summed E-state index contributed by atoms with van der Waals surface area (Å²) in [6.07, 6.45) is 0. The Balaban J connectivity index is 1.13. The number of rotatable bonds is 5. The molecule has 1 nitrogen and oxygen atoms in total. The molecule has 0 saturated carbocycles. The van der Waals surface area contributed by atoms with Gasteiger partial charge in [0.1, 0.15) is 0 Å². The van der Waals surface area contributed by atoms with Crippen molar-refractivity contribution in [2.75, 3.05) is 4.90 Å². The molecule has 0 atom stereocenters. The molecule has 54 heavy (non-hydrogen) atoms. The summed E-state index contributed by atoms with van der Waals surface area (Å²) in [5, 5.41) is 12.7.